The van der Waals surface area contributed by atoms with E-state index < -0.39 is 10.0 Å². The van der Waals surface area contributed by atoms with Gasteiger partial charge in [0.05, 0.1) is 5.75 Å². The molecule has 0 spiro atoms. The molecule has 86 valence electrons. The van der Waals surface area contributed by atoms with Crippen molar-refractivity contribution in [3.05, 3.63) is 35.9 Å². The van der Waals surface area contributed by atoms with Gasteiger partial charge in [-0.15, -0.1) is 0 Å². The Bertz CT molecular complexity index is 484. The maximum atomic E-state index is 11.9. The second kappa shape index (κ2) is 4.47. The Balaban J connectivity index is 2.18. The van der Waals surface area contributed by atoms with Crippen LogP contribution in [0.1, 0.15) is 5.56 Å². The van der Waals surface area contributed by atoms with Crippen LogP contribution in [-0.4, -0.2) is 30.3 Å². The monoisotopic (exact) mass is 257 g/mol. The lowest BCUT2D eigenvalue weighted by molar-refractivity contribution is 0.249. The van der Waals surface area contributed by atoms with Crippen molar-refractivity contribution in [1.82, 2.24) is 4.31 Å². The number of hydrogen-bond acceptors (Lipinski definition) is 4. The largest absolute Gasteiger partial charge is 0.295 e. The summed E-state index contributed by atoms with van der Waals surface area (Å²) in [6.07, 6.45) is 0. The molecule has 0 saturated carbocycles. The Morgan fingerprint density at radius 3 is 2.50 bits per heavy atom. The molecule has 0 aliphatic carbocycles. The molecule has 0 N–H and O–H groups in total. The van der Waals surface area contributed by atoms with E-state index in [0.29, 0.717) is 17.9 Å². The Hall–Kier alpha value is -1.01. The fourth-order valence-corrected chi connectivity index (χ4v) is 4.16. The second-order valence-corrected chi connectivity index (χ2v) is 6.37. The molecule has 6 heteroatoms. The summed E-state index contributed by atoms with van der Waals surface area (Å²) in [5.41, 5.74) is 0.701. The Morgan fingerprint density at radius 1 is 1.25 bits per heavy atom. The standard InChI is InChI=1S/C10H11NO3S2/c12-10-11(6-7-15-10)16(13,14)8-9-4-2-1-3-5-9/h1-5H,6-8H2. The summed E-state index contributed by atoms with van der Waals surface area (Å²) in [5, 5.41) is -0.365. The maximum absolute atomic E-state index is 11.9. The topological polar surface area (TPSA) is 54.5 Å². The molecule has 1 aliphatic heterocycles. The van der Waals surface area contributed by atoms with E-state index in [-0.39, 0.29) is 11.0 Å². The van der Waals surface area contributed by atoms with Gasteiger partial charge in [-0.05, 0) is 5.56 Å². The van der Waals surface area contributed by atoms with E-state index in [1.807, 2.05) is 6.07 Å². The summed E-state index contributed by atoms with van der Waals surface area (Å²) < 4.78 is 24.8. The molecule has 0 radical (unpaired) electrons. The van der Waals surface area contributed by atoms with Gasteiger partial charge in [0, 0.05) is 12.3 Å². The number of carbonyl (C=O) groups is 1. The van der Waals surface area contributed by atoms with Crippen LogP contribution in [0.4, 0.5) is 4.79 Å². The summed E-state index contributed by atoms with van der Waals surface area (Å²) >= 11 is 1.05. The molecular weight excluding hydrogens is 246 g/mol. The zero-order chi connectivity index (χ0) is 11.6. The van der Waals surface area contributed by atoms with Crippen LogP contribution in [-0.2, 0) is 15.8 Å². The van der Waals surface area contributed by atoms with Crippen molar-refractivity contribution in [1.29, 1.82) is 0 Å². The number of hydrogen-bond donors (Lipinski definition) is 0. The molecule has 16 heavy (non-hydrogen) atoms. The predicted molar refractivity (Wildman–Crippen MR) is 63.6 cm³/mol. The van der Waals surface area contributed by atoms with Crippen molar-refractivity contribution in [3.8, 4) is 0 Å². The van der Waals surface area contributed by atoms with Crippen LogP contribution in [0.5, 0.6) is 0 Å². The van der Waals surface area contributed by atoms with E-state index in [2.05, 4.69) is 0 Å². The molecular formula is C10H11NO3S2. The number of benzene rings is 1. The molecule has 1 fully saturated rings. The molecule has 1 saturated heterocycles. The number of thioether (sulfide) groups is 1. The first kappa shape index (κ1) is 11.5. The third kappa shape index (κ3) is 2.38. The summed E-state index contributed by atoms with van der Waals surface area (Å²) in [4.78, 5) is 11.3. The van der Waals surface area contributed by atoms with Crippen LogP contribution in [0.3, 0.4) is 0 Å². The molecule has 2 rings (SSSR count). The number of amides is 1. The van der Waals surface area contributed by atoms with Gasteiger partial charge in [-0.3, -0.25) is 4.79 Å². The molecule has 0 atom stereocenters. The summed E-state index contributed by atoms with van der Waals surface area (Å²) in [6, 6.07) is 8.88. The van der Waals surface area contributed by atoms with Crippen molar-refractivity contribution in [2.75, 3.05) is 12.3 Å². The SMILES string of the molecule is O=C1SCCN1S(=O)(=O)Cc1ccccc1. The van der Waals surface area contributed by atoms with E-state index in [1.165, 1.54) is 0 Å². The molecule has 1 aliphatic rings. The lowest BCUT2D eigenvalue weighted by atomic mass is 10.2. The van der Waals surface area contributed by atoms with Crippen molar-refractivity contribution >= 4 is 27.0 Å². The third-order valence-electron chi connectivity index (χ3n) is 2.25. The highest BCUT2D eigenvalue weighted by Crippen LogP contribution is 2.22. The minimum absolute atomic E-state index is 0.111. The van der Waals surface area contributed by atoms with Gasteiger partial charge in [0.25, 0.3) is 5.24 Å². The van der Waals surface area contributed by atoms with E-state index in [4.69, 9.17) is 0 Å². The van der Waals surface area contributed by atoms with Gasteiger partial charge in [0.15, 0.2) is 0 Å². The summed E-state index contributed by atoms with van der Waals surface area (Å²) in [7, 11) is -3.50. The Morgan fingerprint density at radius 2 is 1.94 bits per heavy atom. The minimum atomic E-state index is -3.50. The fourth-order valence-electron chi connectivity index (χ4n) is 1.49. The normalized spacial score (nSPS) is 16.8. The van der Waals surface area contributed by atoms with Crippen LogP contribution in [0.15, 0.2) is 30.3 Å². The van der Waals surface area contributed by atoms with E-state index in [9.17, 15) is 13.2 Å². The third-order valence-corrected chi connectivity index (χ3v) is 4.94. The average molecular weight is 257 g/mol. The van der Waals surface area contributed by atoms with Gasteiger partial charge < -0.3 is 0 Å². The predicted octanol–water partition coefficient (Wildman–Crippen LogP) is 1.69. The number of rotatable bonds is 3. The number of carbonyl (C=O) groups excluding carboxylic acids is 1. The number of sulfonamides is 1. The lowest BCUT2D eigenvalue weighted by Gasteiger charge is -2.14. The zero-order valence-electron chi connectivity index (χ0n) is 8.50. The van der Waals surface area contributed by atoms with Crippen LogP contribution in [0, 0.1) is 0 Å². The van der Waals surface area contributed by atoms with E-state index >= 15 is 0 Å². The molecule has 0 bridgehead atoms. The second-order valence-electron chi connectivity index (χ2n) is 3.43. The van der Waals surface area contributed by atoms with E-state index in [0.717, 1.165) is 16.1 Å². The minimum Gasteiger partial charge on any atom is -0.261 e. The van der Waals surface area contributed by atoms with Crippen LogP contribution < -0.4 is 0 Å². The fraction of sp³-hybridized carbons (Fsp3) is 0.300. The van der Waals surface area contributed by atoms with Gasteiger partial charge >= 0.3 is 0 Å². The van der Waals surface area contributed by atoms with Gasteiger partial charge in [0.1, 0.15) is 0 Å². The lowest BCUT2D eigenvalue weighted by Crippen LogP contribution is -2.31. The first-order valence-electron chi connectivity index (χ1n) is 4.81. The van der Waals surface area contributed by atoms with Crippen LogP contribution in [0.25, 0.3) is 0 Å². The van der Waals surface area contributed by atoms with Crippen molar-refractivity contribution in [3.63, 3.8) is 0 Å². The molecule has 4 nitrogen and oxygen atoms in total. The highest BCUT2D eigenvalue weighted by Gasteiger charge is 2.32. The molecule has 1 amide bonds. The van der Waals surface area contributed by atoms with Crippen molar-refractivity contribution in [2.45, 2.75) is 5.75 Å². The highest BCUT2D eigenvalue weighted by molar-refractivity contribution is 8.15. The maximum Gasteiger partial charge on any atom is 0.295 e. The first-order chi connectivity index (χ1) is 7.59. The Kier molecular flexibility index (Phi) is 3.20. The van der Waals surface area contributed by atoms with Crippen LogP contribution in [0.2, 0.25) is 0 Å². The number of nitrogens with zero attached hydrogens (tertiary/aromatic N) is 1. The van der Waals surface area contributed by atoms with Crippen molar-refractivity contribution in [2.24, 2.45) is 0 Å². The van der Waals surface area contributed by atoms with Crippen molar-refractivity contribution < 1.29 is 13.2 Å². The average Bonchev–Trinajstić information content (AvgIpc) is 2.66. The molecule has 0 aromatic heterocycles. The quantitative estimate of drug-likeness (QED) is 0.826. The van der Waals surface area contributed by atoms with E-state index in [1.54, 1.807) is 24.3 Å². The molecule has 0 unspecified atom stereocenters. The highest BCUT2D eigenvalue weighted by atomic mass is 32.2. The molecule has 1 aromatic carbocycles. The first-order valence-corrected chi connectivity index (χ1v) is 7.40. The zero-order valence-corrected chi connectivity index (χ0v) is 10.1. The van der Waals surface area contributed by atoms with Gasteiger partial charge in [0.2, 0.25) is 10.0 Å². The smallest absolute Gasteiger partial charge is 0.261 e. The van der Waals surface area contributed by atoms with Crippen LogP contribution >= 0.6 is 11.8 Å². The summed E-state index contributed by atoms with van der Waals surface area (Å²) in [6.45, 7) is 0.290. The summed E-state index contributed by atoms with van der Waals surface area (Å²) in [5.74, 6) is 0.437. The molecule has 1 heterocycles. The molecule has 1 aromatic rings. The Labute approximate surface area is 98.7 Å². The van der Waals surface area contributed by atoms with Gasteiger partial charge in [-0.25, -0.2) is 12.7 Å². The van der Waals surface area contributed by atoms with Gasteiger partial charge in [-0.1, -0.05) is 42.1 Å². The van der Waals surface area contributed by atoms with Gasteiger partial charge in [-0.2, -0.15) is 0 Å².